The van der Waals surface area contributed by atoms with Crippen molar-refractivity contribution < 1.29 is 14.4 Å². The number of hydrogen-bond acceptors (Lipinski definition) is 3. The number of benzene rings is 1. The second-order valence-corrected chi connectivity index (χ2v) is 7.11. The van der Waals surface area contributed by atoms with Crippen molar-refractivity contribution in [2.45, 2.75) is 33.1 Å². The zero-order chi connectivity index (χ0) is 17.3. The maximum absolute atomic E-state index is 12.5. The van der Waals surface area contributed by atoms with E-state index in [9.17, 15) is 14.4 Å². The average Bonchev–Trinajstić information content (AvgIpc) is 3.35. The lowest BCUT2D eigenvalue weighted by Crippen LogP contribution is -2.40. The maximum atomic E-state index is 12.5. The summed E-state index contributed by atoms with van der Waals surface area (Å²) in [6.45, 7) is 5.29. The largest absolute Gasteiger partial charge is 0.342 e. The molecule has 2 fully saturated rings. The summed E-state index contributed by atoms with van der Waals surface area (Å²) in [5.41, 5.74) is 1.18. The minimum Gasteiger partial charge on any atom is -0.342 e. The van der Waals surface area contributed by atoms with Crippen molar-refractivity contribution in [1.29, 1.82) is 0 Å². The minimum atomic E-state index is -0.240. The predicted molar refractivity (Wildman–Crippen MR) is 91.7 cm³/mol. The molecule has 1 heterocycles. The first kappa shape index (κ1) is 16.7. The molecule has 0 aromatic heterocycles. The summed E-state index contributed by atoms with van der Waals surface area (Å²) < 4.78 is 0. The number of nitrogens with one attached hydrogen (secondary N) is 1. The van der Waals surface area contributed by atoms with E-state index in [0.717, 1.165) is 19.5 Å². The first-order valence-electron chi connectivity index (χ1n) is 8.66. The van der Waals surface area contributed by atoms with Gasteiger partial charge in [0.25, 0.3) is 0 Å². The highest BCUT2D eigenvalue weighted by atomic mass is 16.2. The number of ketones is 1. The Morgan fingerprint density at radius 2 is 2.00 bits per heavy atom. The van der Waals surface area contributed by atoms with Crippen LogP contribution in [-0.2, 0) is 9.59 Å². The third-order valence-electron chi connectivity index (χ3n) is 4.95. The Morgan fingerprint density at radius 1 is 1.21 bits per heavy atom. The van der Waals surface area contributed by atoms with E-state index >= 15 is 0 Å². The Balaban J connectivity index is 1.57. The highest BCUT2D eigenvalue weighted by molar-refractivity contribution is 6.01. The Hall–Kier alpha value is -2.17. The van der Waals surface area contributed by atoms with E-state index in [1.165, 1.54) is 13.3 Å². The molecule has 0 radical (unpaired) electrons. The second kappa shape index (κ2) is 6.75. The van der Waals surface area contributed by atoms with Crippen LogP contribution in [0.25, 0.3) is 0 Å². The average molecular weight is 328 g/mol. The van der Waals surface area contributed by atoms with E-state index < -0.39 is 0 Å². The van der Waals surface area contributed by atoms with Crippen LogP contribution in [-0.4, -0.2) is 35.6 Å². The molecular formula is C19H24N2O3. The molecule has 1 aromatic rings. The number of nitrogens with zero attached hydrogens (tertiary/aromatic N) is 1. The minimum absolute atomic E-state index is 0.0372. The Bertz CT molecular complexity index is 670. The van der Waals surface area contributed by atoms with Gasteiger partial charge in [-0.3, -0.25) is 14.4 Å². The topological polar surface area (TPSA) is 66.5 Å². The molecule has 1 aliphatic heterocycles. The van der Waals surface area contributed by atoms with Gasteiger partial charge in [-0.05, 0) is 44.2 Å². The molecule has 5 heteroatoms. The van der Waals surface area contributed by atoms with Crippen molar-refractivity contribution in [3.8, 4) is 0 Å². The van der Waals surface area contributed by atoms with Gasteiger partial charge >= 0.3 is 0 Å². The van der Waals surface area contributed by atoms with E-state index in [2.05, 4.69) is 12.2 Å². The van der Waals surface area contributed by atoms with Crippen molar-refractivity contribution in [2.24, 2.45) is 17.8 Å². The van der Waals surface area contributed by atoms with Gasteiger partial charge in [-0.25, -0.2) is 0 Å². The molecule has 128 valence electrons. The van der Waals surface area contributed by atoms with Crippen LogP contribution in [0.4, 0.5) is 5.69 Å². The molecule has 3 rings (SSSR count). The second-order valence-electron chi connectivity index (χ2n) is 7.11. The van der Waals surface area contributed by atoms with Crippen molar-refractivity contribution >= 4 is 23.3 Å². The van der Waals surface area contributed by atoms with Crippen molar-refractivity contribution in [3.05, 3.63) is 29.8 Å². The van der Waals surface area contributed by atoms with Gasteiger partial charge < -0.3 is 10.2 Å². The third kappa shape index (κ3) is 3.66. The van der Waals surface area contributed by atoms with Gasteiger partial charge in [0.05, 0.1) is 11.8 Å². The Labute approximate surface area is 142 Å². The molecule has 1 aliphatic carbocycles. The summed E-state index contributed by atoms with van der Waals surface area (Å²) in [4.78, 5) is 38.2. The van der Waals surface area contributed by atoms with E-state index in [4.69, 9.17) is 0 Å². The van der Waals surface area contributed by atoms with Gasteiger partial charge in [0.1, 0.15) is 0 Å². The smallest absolute Gasteiger partial charge is 0.228 e. The number of piperidine rings is 1. The van der Waals surface area contributed by atoms with Crippen LogP contribution in [0.1, 0.15) is 43.5 Å². The summed E-state index contributed by atoms with van der Waals surface area (Å²) >= 11 is 0. The SMILES string of the molecule is CC(=O)c1cccc(NC(=O)C2CC2C(=O)N2CCCC(C)C2)c1. The fourth-order valence-corrected chi connectivity index (χ4v) is 3.43. The molecule has 1 saturated heterocycles. The normalized spacial score (nSPS) is 25.9. The molecule has 1 saturated carbocycles. The fourth-order valence-electron chi connectivity index (χ4n) is 3.43. The number of hydrogen-bond donors (Lipinski definition) is 1. The number of carbonyl (C=O) groups is 3. The summed E-state index contributed by atoms with van der Waals surface area (Å²) in [7, 11) is 0. The highest BCUT2D eigenvalue weighted by Crippen LogP contribution is 2.41. The van der Waals surface area contributed by atoms with Crippen LogP contribution < -0.4 is 5.32 Å². The molecule has 24 heavy (non-hydrogen) atoms. The van der Waals surface area contributed by atoms with E-state index in [0.29, 0.717) is 23.6 Å². The van der Waals surface area contributed by atoms with Crippen LogP contribution in [0.5, 0.6) is 0 Å². The van der Waals surface area contributed by atoms with Crippen LogP contribution in [0.15, 0.2) is 24.3 Å². The number of carbonyl (C=O) groups excluding carboxylic acids is 3. The lowest BCUT2D eigenvalue weighted by Gasteiger charge is -2.31. The highest BCUT2D eigenvalue weighted by Gasteiger charge is 2.49. The number of amides is 2. The molecule has 3 atom stereocenters. The molecule has 1 N–H and O–H groups in total. The molecular weight excluding hydrogens is 304 g/mol. The van der Waals surface area contributed by atoms with Crippen LogP contribution in [0.3, 0.4) is 0 Å². The number of Topliss-reactive ketones (excluding diaryl/α,β-unsaturated/α-hetero) is 1. The Kier molecular flexibility index (Phi) is 4.69. The number of likely N-dealkylation sites (tertiary alicyclic amines) is 1. The van der Waals surface area contributed by atoms with Gasteiger partial charge in [-0.1, -0.05) is 19.1 Å². The Morgan fingerprint density at radius 3 is 2.71 bits per heavy atom. The summed E-state index contributed by atoms with van der Waals surface area (Å²) in [5.74, 6) is 0.0909. The van der Waals surface area contributed by atoms with E-state index in [-0.39, 0.29) is 29.4 Å². The maximum Gasteiger partial charge on any atom is 0.228 e. The van der Waals surface area contributed by atoms with Crippen molar-refractivity contribution in [3.63, 3.8) is 0 Å². The quantitative estimate of drug-likeness (QED) is 0.864. The number of anilines is 1. The van der Waals surface area contributed by atoms with Crippen molar-refractivity contribution in [2.75, 3.05) is 18.4 Å². The van der Waals surface area contributed by atoms with Crippen LogP contribution in [0.2, 0.25) is 0 Å². The lowest BCUT2D eigenvalue weighted by atomic mass is 10.00. The zero-order valence-corrected chi connectivity index (χ0v) is 14.2. The van der Waals surface area contributed by atoms with E-state index in [1.54, 1.807) is 24.3 Å². The summed E-state index contributed by atoms with van der Waals surface area (Å²) in [6, 6.07) is 6.90. The molecule has 2 amide bonds. The van der Waals surface area contributed by atoms with E-state index in [1.807, 2.05) is 4.90 Å². The molecule has 2 aliphatic rings. The predicted octanol–water partition coefficient (Wildman–Crippen LogP) is 2.72. The van der Waals surface area contributed by atoms with Gasteiger partial charge in [0, 0.05) is 24.3 Å². The van der Waals surface area contributed by atoms with Crippen LogP contribution >= 0.6 is 0 Å². The van der Waals surface area contributed by atoms with Gasteiger partial charge in [-0.15, -0.1) is 0 Å². The third-order valence-corrected chi connectivity index (χ3v) is 4.95. The van der Waals surface area contributed by atoms with Crippen molar-refractivity contribution in [1.82, 2.24) is 4.90 Å². The summed E-state index contributed by atoms with van der Waals surface area (Å²) in [6.07, 6.45) is 2.85. The monoisotopic (exact) mass is 328 g/mol. The van der Waals surface area contributed by atoms with Crippen LogP contribution in [0, 0.1) is 17.8 Å². The molecule has 0 spiro atoms. The van der Waals surface area contributed by atoms with Gasteiger partial charge in [0.15, 0.2) is 5.78 Å². The fraction of sp³-hybridized carbons (Fsp3) is 0.526. The summed E-state index contributed by atoms with van der Waals surface area (Å²) in [5, 5.41) is 2.83. The zero-order valence-electron chi connectivity index (χ0n) is 14.2. The first-order chi connectivity index (χ1) is 11.5. The van der Waals surface area contributed by atoms with Gasteiger partial charge in [-0.2, -0.15) is 0 Å². The first-order valence-corrected chi connectivity index (χ1v) is 8.66. The lowest BCUT2D eigenvalue weighted by molar-refractivity contribution is -0.135. The van der Waals surface area contributed by atoms with Gasteiger partial charge in [0.2, 0.25) is 11.8 Å². The molecule has 3 unspecified atom stereocenters. The standard InChI is InChI=1S/C19H24N2O3/c1-12-5-4-8-21(11-12)19(24)17-10-16(17)18(23)20-15-7-3-6-14(9-15)13(2)22/h3,6-7,9,12,16-17H,4-5,8,10-11H2,1-2H3,(H,20,23). The molecule has 0 bridgehead atoms. The molecule has 1 aromatic carbocycles. The number of rotatable bonds is 4. The molecule has 5 nitrogen and oxygen atoms in total.